The topological polar surface area (TPSA) is 80.8 Å². The molecule has 1 atom stereocenters. The lowest BCUT2D eigenvalue weighted by molar-refractivity contribution is 0.250. The number of guanidine groups is 1. The molecule has 0 spiro atoms. The SMILES string of the molecule is CCN(CC)CCCC(C)NC(=NC)NCc1ccc(NC(=O)NC(C)C)cc1. The molecule has 7 heteroatoms. The van der Waals surface area contributed by atoms with E-state index in [-0.39, 0.29) is 12.1 Å². The Morgan fingerprint density at radius 3 is 2.28 bits per heavy atom. The van der Waals surface area contributed by atoms with Crippen molar-refractivity contribution in [1.82, 2.24) is 20.9 Å². The number of amides is 2. The molecule has 0 saturated heterocycles. The van der Waals surface area contributed by atoms with Gasteiger partial charge in [-0.3, -0.25) is 4.99 Å². The van der Waals surface area contributed by atoms with Crippen LogP contribution in [-0.4, -0.2) is 55.7 Å². The van der Waals surface area contributed by atoms with E-state index in [2.05, 4.69) is 51.9 Å². The lowest BCUT2D eigenvalue weighted by atomic mass is 10.1. The van der Waals surface area contributed by atoms with Crippen LogP contribution in [0.1, 0.15) is 53.0 Å². The molecular formula is C22H40N6O. The molecule has 0 aliphatic carbocycles. The molecule has 0 aromatic heterocycles. The number of nitrogens with one attached hydrogen (secondary N) is 4. The van der Waals surface area contributed by atoms with E-state index in [0.717, 1.165) is 43.3 Å². The summed E-state index contributed by atoms with van der Waals surface area (Å²) in [4.78, 5) is 18.5. The minimum Gasteiger partial charge on any atom is -0.354 e. The van der Waals surface area contributed by atoms with Gasteiger partial charge >= 0.3 is 6.03 Å². The molecule has 0 aliphatic rings. The van der Waals surface area contributed by atoms with Gasteiger partial charge in [-0.1, -0.05) is 26.0 Å². The van der Waals surface area contributed by atoms with Crippen LogP contribution in [0.5, 0.6) is 0 Å². The van der Waals surface area contributed by atoms with Crippen molar-refractivity contribution in [3.05, 3.63) is 29.8 Å². The number of anilines is 1. The van der Waals surface area contributed by atoms with E-state index in [0.29, 0.717) is 12.6 Å². The minimum absolute atomic E-state index is 0.109. The number of hydrogen-bond donors (Lipinski definition) is 4. The number of carbonyl (C=O) groups is 1. The first kappa shape index (κ1) is 24.8. The van der Waals surface area contributed by atoms with Crippen LogP contribution in [0.25, 0.3) is 0 Å². The van der Waals surface area contributed by atoms with Crippen LogP contribution in [0.3, 0.4) is 0 Å². The van der Waals surface area contributed by atoms with Crippen LogP contribution in [0.4, 0.5) is 10.5 Å². The van der Waals surface area contributed by atoms with E-state index >= 15 is 0 Å². The first-order valence-corrected chi connectivity index (χ1v) is 10.7. The number of carbonyl (C=O) groups excluding carboxylic acids is 1. The molecule has 1 aromatic carbocycles. The third-order valence-electron chi connectivity index (χ3n) is 4.70. The van der Waals surface area contributed by atoms with Crippen molar-refractivity contribution >= 4 is 17.7 Å². The number of aliphatic imine (C=N–C) groups is 1. The highest BCUT2D eigenvalue weighted by atomic mass is 16.2. The average molecular weight is 405 g/mol. The maximum absolute atomic E-state index is 11.7. The van der Waals surface area contributed by atoms with Crippen LogP contribution in [0.2, 0.25) is 0 Å². The van der Waals surface area contributed by atoms with Gasteiger partial charge in [-0.05, 0) is 70.9 Å². The summed E-state index contributed by atoms with van der Waals surface area (Å²) in [5.74, 6) is 0.804. The first-order valence-electron chi connectivity index (χ1n) is 10.7. The van der Waals surface area contributed by atoms with Gasteiger partial charge in [-0.15, -0.1) is 0 Å². The van der Waals surface area contributed by atoms with Gasteiger partial charge in [0.25, 0.3) is 0 Å². The molecule has 4 N–H and O–H groups in total. The van der Waals surface area contributed by atoms with E-state index in [1.165, 1.54) is 6.42 Å². The van der Waals surface area contributed by atoms with Gasteiger partial charge in [0.15, 0.2) is 5.96 Å². The molecule has 1 rings (SSSR count). The smallest absolute Gasteiger partial charge is 0.319 e. The third-order valence-corrected chi connectivity index (χ3v) is 4.70. The maximum atomic E-state index is 11.7. The van der Waals surface area contributed by atoms with Crippen molar-refractivity contribution in [1.29, 1.82) is 0 Å². The fourth-order valence-electron chi connectivity index (χ4n) is 2.98. The Morgan fingerprint density at radius 1 is 1.07 bits per heavy atom. The fraction of sp³-hybridized carbons (Fsp3) is 0.636. The van der Waals surface area contributed by atoms with Crippen LogP contribution in [0, 0.1) is 0 Å². The number of urea groups is 1. The summed E-state index contributed by atoms with van der Waals surface area (Å²) in [5, 5.41) is 12.4. The number of rotatable bonds is 11. The molecule has 1 aromatic rings. The summed E-state index contributed by atoms with van der Waals surface area (Å²) in [6, 6.07) is 8.09. The van der Waals surface area contributed by atoms with Gasteiger partial charge in [0.1, 0.15) is 0 Å². The Bertz CT molecular complexity index is 610. The minimum atomic E-state index is -0.189. The summed E-state index contributed by atoms with van der Waals surface area (Å²) in [7, 11) is 1.79. The highest BCUT2D eigenvalue weighted by Gasteiger charge is 2.07. The lowest BCUT2D eigenvalue weighted by Gasteiger charge is -2.21. The Balaban J connectivity index is 2.39. The van der Waals surface area contributed by atoms with Crippen LogP contribution in [0.15, 0.2) is 29.3 Å². The maximum Gasteiger partial charge on any atom is 0.319 e. The van der Waals surface area contributed by atoms with E-state index < -0.39 is 0 Å². The largest absolute Gasteiger partial charge is 0.354 e. The molecule has 164 valence electrons. The van der Waals surface area contributed by atoms with Gasteiger partial charge in [-0.2, -0.15) is 0 Å². The van der Waals surface area contributed by atoms with Gasteiger partial charge in [-0.25, -0.2) is 4.79 Å². The summed E-state index contributed by atoms with van der Waals surface area (Å²) < 4.78 is 0. The zero-order valence-electron chi connectivity index (χ0n) is 19.0. The van der Waals surface area contributed by atoms with Crippen LogP contribution < -0.4 is 21.3 Å². The van der Waals surface area contributed by atoms with E-state index in [1.54, 1.807) is 7.05 Å². The molecule has 0 saturated carbocycles. The molecule has 2 amide bonds. The van der Waals surface area contributed by atoms with Crippen molar-refractivity contribution in [3.63, 3.8) is 0 Å². The zero-order chi connectivity index (χ0) is 21.6. The van der Waals surface area contributed by atoms with Gasteiger partial charge in [0.2, 0.25) is 0 Å². The predicted octanol–water partition coefficient (Wildman–Crippen LogP) is 3.39. The van der Waals surface area contributed by atoms with E-state index in [9.17, 15) is 4.79 Å². The zero-order valence-corrected chi connectivity index (χ0v) is 19.0. The second-order valence-electron chi connectivity index (χ2n) is 7.59. The van der Waals surface area contributed by atoms with Crippen LogP contribution >= 0.6 is 0 Å². The molecule has 0 radical (unpaired) electrons. The molecule has 0 heterocycles. The molecule has 0 aliphatic heterocycles. The Morgan fingerprint density at radius 2 is 1.72 bits per heavy atom. The normalized spacial score (nSPS) is 12.8. The quantitative estimate of drug-likeness (QED) is 0.337. The second-order valence-corrected chi connectivity index (χ2v) is 7.59. The van der Waals surface area contributed by atoms with Gasteiger partial charge < -0.3 is 26.2 Å². The van der Waals surface area contributed by atoms with Gasteiger partial charge in [0, 0.05) is 31.4 Å². The van der Waals surface area contributed by atoms with Crippen LogP contribution in [-0.2, 0) is 6.54 Å². The summed E-state index contributed by atoms with van der Waals surface area (Å²) in [5.41, 5.74) is 1.90. The Labute approximate surface area is 176 Å². The molecule has 7 nitrogen and oxygen atoms in total. The Kier molecular flexibility index (Phi) is 11.8. The Hall–Kier alpha value is -2.28. The summed E-state index contributed by atoms with van der Waals surface area (Å²) in [6.07, 6.45) is 2.28. The number of hydrogen-bond acceptors (Lipinski definition) is 3. The van der Waals surface area contributed by atoms with Crippen molar-refractivity contribution < 1.29 is 4.79 Å². The third kappa shape index (κ3) is 10.7. The fourth-order valence-corrected chi connectivity index (χ4v) is 2.98. The van der Waals surface area contributed by atoms with Crippen molar-refractivity contribution in [2.24, 2.45) is 4.99 Å². The van der Waals surface area contributed by atoms with Crippen molar-refractivity contribution in [2.75, 3.05) is 32.0 Å². The monoisotopic (exact) mass is 404 g/mol. The summed E-state index contributed by atoms with van der Waals surface area (Å²) >= 11 is 0. The average Bonchev–Trinajstić information content (AvgIpc) is 2.69. The molecule has 0 bridgehead atoms. The lowest BCUT2D eigenvalue weighted by Crippen LogP contribution is -2.42. The summed E-state index contributed by atoms with van der Waals surface area (Å²) in [6.45, 7) is 14.5. The van der Waals surface area contributed by atoms with Crippen molar-refractivity contribution in [2.45, 2.75) is 66.1 Å². The predicted molar refractivity (Wildman–Crippen MR) is 124 cm³/mol. The van der Waals surface area contributed by atoms with E-state index in [1.807, 2.05) is 38.1 Å². The first-order chi connectivity index (χ1) is 13.9. The van der Waals surface area contributed by atoms with E-state index in [4.69, 9.17) is 0 Å². The van der Waals surface area contributed by atoms with Crippen molar-refractivity contribution in [3.8, 4) is 0 Å². The number of nitrogens with zero attached hydrogens (tertiary/aromatic N) is 2. The highest BCUT2D eigenvalue weighted by molar-refractivity contribution is 5.89. The standard InChI is InChI=1S/C22H40N6O/c1-7-28(8-2)15-9-10-18(5)26-21(23-6)24-16-19-11-13-20(14-12-19)27-22(29)25-17(3)4/h11-14,17-18H,7-10,15-16H2,1-6H3,(H2,23,24,26)(H2,25,27,29). The van der Waals surface area contributed by atoms with Gasteiger partial charge in [0.05, 0.1) is 0 Å². The molecule has 29 heavy (non-hydrogen) atoms. The molecule has 1 unspecified atom stereocenters. The highest BCUT2D eigenvalue weighted by Crippen LogP contribution is 2.09. The molecule has 0 fully saturated rings. The number of benzene rings is 1. The molecular weight excluding hydrogens is 364 g/mol. The second kappa shape index (κ2) is 13.8.